The summed E-state index contributed by atoms with van der Waals surface area (Å²) in [6.45, 7) is 2.08. The fourth-order valence-corrected chi connectivity index (χ4v) is 1.76. The Morgan fingerprint density at radius 2 is 2.21 bits per heavy atom. The Kier molecular flexibility index (Phi) is 6.72. The first kappa shape index (κ1) is 15.8. The fraction of sp³-hybridized carbons (Fsp3) is 0.500. The summed E-state index contributed by atoms with van der Waals surface area (Å²) in [5.41, 5.74) is 0.741. The summed E-state index contributed by atoms with van der Waals surface area (Å²) in [5.74, 6) is 0. The molecule has 0 aliphatic rings. The molecule has 0 bridgehead atoms. The highest BCUT2D eigenvalue weighted by atomic mass is 35.5. The van der Waals surface area contributed by atoms with Crippen LogP contribution in [-0.2, 0) is 11.3 Å². The minimum absolute atomic E-state index is 0.00704. The number of halogens is 1. The number of ether oxygens (including phenoxy) is 1. The van der Waals surface area contributed by atoms with Gasteiger partial charge in [0.1, 0.15) is 5.02 Å². The average molecular weight is 289 g/mol. The van der Waals surface area contributed by atoms with E-state index in [1.165, 1.54) is 12.1 Å². The van der Waals surface area contributed by atoms with Crippen LogP contribution in [0.3, 0.4) is 0 Å². The second kappa shape index (κ2) is 8.06. The quantitative estimate of drug-likeness (QED) is 0.447. The van der Waals surface area contributed by atoms with Crippen molar-refractivity contribution < 1.29 is 14.8 Å². The van der Waals surface area contributed by atoms with Gasteiger partial charge in [-0.25, -0.2) is 0 Å². The fourth-order valence-electron chi connectivity index (χ4n) is 1.57. The van der Waals surface area contributed by atoms with E-state index in [4.69, 9.17) is 21.4 Å². The van der Waals surface area contributed by atoms with Gasteiger partial charge in [-0.2, -0.15) is 0 Å². The van der Waals surface area contributed by atoms with Crippen LogP contribution < -0.4 is 0 Å². The molecule has 0 saturated heterocycles. The van der Waals surface area contributed by atoms with Gasteiger partial charge in [0, 0.05) is 19.2 Å². The third kappa shape index (κ3) is 5.52. The van der Waals surface area contributed by atoms with Crippen LogP contribution >= 0.6 is 11.6 Å². The van der Waals surface area contributed by atoms with Crippen molar-refractivity contribution in [2.45, 2.75) is 6.54 Å². The lowest BCUT2D eigenvalue weighted by molar-refractivity contribution is -0.384. The Balaban J connectivity index is 2.52. The lowest BCUT2D eigenvalue weighted by Gasteiger charge is -2.16. The van der Waals surface area contributed by atoms with E-state index in [1.54, 1.807) is 6.07 Å². The van der Waals surface area contributed by atoms with Crippen molar-refractivity contribution in [3.63, 3.8) is 0 Å². The third-order valence-corrected chi connectivity index (χ3v) is 2.83. The molecule has 0 unspecified atom stereocenters. The van der Waals surface area contributed by atoms with Crippen LogP contribution in [0.2, 0.25) is 5.02 Å². The smallest absolute Gasteiger partial charge is 0.288 e. The van der Waals surface area contributed by atoms with Gasteiger partial charge in [-0.1, -0.05) is 17.7 Å². The van der Waals surface area contributed by atoms with E-state index >= 15 is 0 Å². The van der Waals surface area contributed by atoms with E-state index in [2.05, 4.69) is 0 Å². The van der Waals surface area contributed by atoms with Crippen LogP contribution in [0.15, 0.2) is 18.2 Å². The van der Waals surface area contributed by atoms with Crippen LogP contribution in [0.25, 0.3) is 0 Å². The predicted molar refractivity (Wildman–Crippen MR) is 72.3 cm³/mol. The van der Waals surface area contributed by atoms with Gasteiger partial charge in [0.05, 0.1) is 24.7 Å². The van der Waals surface area contributed by atoms with Crippen molar-refractivity contribution >= 4 is 17.3 Å². The van der Waals surface area contributed by atoms with Crippen LogP contribution in [0, 0.1) is 10.1 Å². The van der Waals surface area contributed by atoms with E-state index in [0.29, 0.717) is 26.3 Å². The molecule has 1 rings (SSSR count). The molecule has 0 radical (unpaired) electrons. The monoisotopic (exact) mass is 288 g/mol. The molecule has 0 atom stereocenters. The topological polar surface area (TPSA) is 75.8 Å². The van der Waals surface area contributed by atoms with Gasteiger partial charge in [-0.3, -0.25) is 15.0 Å². The molecule has 1 aromatic carbocycles. The predicted octanol–water partition coefficient (Wildman–Crippen LogP) is 1.69. The number of aliphatic hydroxyl groups is 1. The van der Waals surface area contributed by atoms with Gasteiger partial charge in [0.2, 0.25) is 0 Å². The van der Waals surface area contributed by atoms with Crippen molar-refractivity contribution in [3.8, 4) is 0 Å². The maximum absolute atomic E-state index is 10.8. The van der Waals surface area contributed by atoms with E-state index in [9.17, 15) is 10.1 Å². The first-order chi connectivity index (χ1) is 9.04. The zero-order chi connectivity index (χ0) is 14.3. The van der Waals surface area contributed by atoms with E-state index in [0.717, 1.165) is 5.56 Å². The highest BCUT2D eigenvalue weighted by Gasteiger charge is 2.13. The number of hydrogen-bond acceptors (Lipinski definition) is 5. The summed E-state index contributed by atoms with van der Waals surface area (Å²) < 4.78 is 5.15. The lowest BCUT2D eigenvalue weighted by Crippen LogP contribution is -2.23. The molecule has 0 aliphatic carbocycles. The van der Waals surface area contributed by atoms with Crippen LogP contribution in [-0.4, -0.2) is 48.3 Å². The molecule has 0 aliphatic heterocycles. The summed E-state index contributed by atoms with van der Waals surface area (Å²) in [6.07, 6.45) is 0. The molecule has 0 amide bonds. The van der Waals surface area contributed by atoms with Crippen molar-refractivity contribution in [2.75, 3.05) is 33.4 Å². The zero-order valence-corrected chi connectivity index (χ0v) is 11.5. The second-order valence-electron chi connectivity index (χ2n) is 4.12. The Morgan fingerprint density at radius 3 is 2.84 bits per heavy atom. The summed E-state index contributed by atoms with van der Waals surface area (Å²) >= 11 is 5.75. The van der Waals surface area contributed by atoms with E-state index in [1.807, 2.05) is 11.9 Å². The molecule has 1 N–H and O–H groups in total. The third-order valence-electron chi connectivity index (χ3n) is 2.51. The molecule has 0 heterocycles. The van der Waals surface area contributed by atoms with Gasteiger partial charge in [-0.15, -0.1) is 0 Å². The molecule has 1 aromatic rings. The number of benzene rings is 1. The van der Waals surface area contributed by atoms with Gasteiger partial charge in [-0.05, 0) is 18.7 Å². The summed E-state index contributed by atoms with van der Waals surface area (Å²) in [7, 11) is 1.89. The Hall–Kier alpha value is -1.21. The molecule has 106 valence electrons. The minimum atomic E-state index is -0.490. The molecule has 0 saturated carbocycles. The molecule has 7 heteroatoms. The van der Waals surface area contributed by atoms with Crippen LogP contribution in [0.4, 0.5) is 5.69 Å². The van der Waals surface area contributed by atoms with Crippen LogP contribution in [0.5, 0.6) is 0 Å². The average Bonchev–Trinajstić information content (AvgIpc) is 2.36. The highest BCUT2D eigenvalue weighted by Crippen LogP contribution is 2.25. The largest absolute Gasteiger partial charge is 0.394 e. The number of nitro benzene ring substituents is 1. The van der Waals surface area contributed by atoms with Crippen LogP contribution in [0.1, 0.15) is 5.56 Å². The van der Waals surface area contributed by atoms with E-state index in [-0.39, 0.29) is 17.3 Å². The maximum atomic E-state index is 10.8. The first-order valence-electron chi connectivity index (χ1n) is 5.84. The summed E-state index contributed by atoms with van der Waals surface area (Å²) in [5, 5.41) is 19.5. The Labute approximate surface area is 116 Å². The van der Waals surface area contributed by atoms with Gasteiger partial charge < -0.3 is 9.84 Å². The summed E-state index contributed by atoms with van der Waals surface area (Å²) in [6, 6.07) is 4.78. The molecular formula is C12H17ClN2O4. The normalized spacial score (nSPS) is 10.9. The molecule has 0 aromatic heterocycles. The number of hydrogen-bond donors (Lipinski definition) is 1. The minimum Gasteiger partial charge on any atom is -0.394 e. The lowest BCUT2D eigenvalue weighted by atomic mass is 10.2. The number of likely N-dealkylation sites (N-methyl/N-ethyl adjacent to an activating group) is 1. The highest BCUT2D eigenvalue weighted by molar-refractivity contribution is 6.32. The molecule has 6 nitrogen and oxygen atoms in total. The molecule has 0 fully saturated rings. The van der Waals surface area contributed by atoms with Crippen molar-refractivity contribution in [2.24, 2.45) is 0 Å². The number of nitro groups is 1. The van der Waals surface area contributed by atoms with Crippen molar-refractivity contribution in [1.29, 1.82) is 0 Å². The van der Waals surface area contributed by atoms with E-state index < -0.39 is 4.92 Å². The second-order valence-corrected chi connectivity index (χ2v) is 4.52. The van der Waals surface area contributed by atoms with Gasteiger partial charge in [0.25, 0.3) is 5.69 Å². The Bertz CT molecular complexity index is 428. The molecule has 0 spiro atoms. The standard InChI is InChI=1S/C12H17ClN2O4/c1-14(4-6-19-7-5-16)9-10-2-3-11(13)12(8-10)15(17)18/h2-3,8,16H,4-7,9H2,1H3. The van der Waals surface area contributed by atoms with Crippen molar-refractivity contribution in [1.82, 2.24) is 4.90 Å². The maximum Gasteiger partial charge on any atom is 0.288 e. The first-order valence-corrected chi connectivity index (χ1v) is 6.22. The molecule has 19 heavy (non-hydrogen) atoms. The SMILES string of the molecule is CN(CCOCCO)Cc1ccc(Cl)c([N+](=O)[O-])c1. The zero-order valence-electron chi connectivity index (χ0n) is 10.7. The Morgan fingerprint density at radius 1 is 1.47 bits per heavy atom. The van der Waals surface area contributed by atoms with Gasteiger partial charge >= 0.3 is 0 Å². The number of aliphatic hydroxyl groups excluding tert-OH is 1. The summed E-state index contributed by atoms with van der Waals surface area (Å²) in [4.78, 5) is 12.3. The van der Waals surface area contributed by atoms with Crippen molar-refractivity contribution in [3.05, 3.63) is 38.9 Å². The number of nitrogens with zero attached hydrogens (tertiary/aromatic N) is 2. The molecular weight excluding hydrogens is 272 g/mol. The van der Waals surface area contributed by atoms with Gasteiger partial charge in [0.15, 0.2) is 0 Å². The number of rotatable bonds is 8.